The number of carbonyl (C=O) groups is 1. The summed E-state index contributed by atoms with van der Waals surface area (Å²) in [7, 11) is 0. The predicted octanol–water partition coefficient (Wildman–Crippen LogP) is 2.19. The molecule has 18 heavy (non-hydrogen) atoms. The first-order chi connectivity index (χ1) is 8.70. The van der Waals surface area contributed by atoms with E-state index in [1.165, 1.54) is 18.9 Å². The highest BCUT2D eigenvalue weighted by molar-refractivity contribution is 5.84. The summed E-state index contributed by atoms with van der Waals surface area (Å²) in [6, 6.07) is 3.06. The zero-order chi connectivity index (χ0) is 13.0. The van der Waals surface area contributed by atoms with E-state index in [1.807, 2.05) is 0 Å². The number of furan rings is 1. The molecule has 1 aromatic heterocycles. The first-order valence-corrected chi connectivity index (χ1v) is 6.38. The van der Waals surface area contributed by atoms with Gasteiger partial charge in [0.1, 0.15) is 0 Å². The number of nitrogens with one attached hydrogen (secondary N) is 1. The summed E-state index contributed by atoms with van der Waals surface area (Å²) in [5, 5.41) is 21.2. The summed E-state index contributed by atoms with van der Waals surface area (Å²) >= 11 is 0. The van der Waals surface area contributed by atoms with Gasteiger partial charge in [-0.25, -0.2) is 4.79 Å². The van der Waals surface area contributed by atoms with Crippen LogP contribution in [0.5, 0.6) is 0 Å². The predicted molar refractivity (Wildman–Crippen MR) is 66.7 cm³/mol. The van der Waals surface area contributed by atoms with Crippen molar-refractivity contribution in [2.45, 2.75) is 25.7 Å². The van der Waals surface area contributed by atoms with Gasteiger partial charge in [-0.3, -0.25) is 0 Å². The molecule has 0 saturated heterocycles. The van der Waals surface area contributed by atoms with Crippen molar-refractivity contribution in [1.82, 2.24) is 0 Å². The molecule has 2 rings (SSSR count). The van der Waals surface area contributed by atoms with Crippen LogP contribution in [0.4, 0.5) is 5.88 Å². The van der Waals surface area contributed by atoms with Crippen LogP contribution in [0.3, 0.4) is 0 Å². The molecule has 1 aliphatic rings. The summed E-state index contributed by atoms with van der Waals surface area (Å²) in [4.78, 5) is 10.7. The van der Waals surface area contributed by atoms with Crippen molar-refractivity contribution >= 4 is 11.9 Å². The minimum Gasteiger partial charge on any atom is -0.475 e. The Labute approximate surface area is 106 Å². The lowest BCUT2D eigenvalue weighted by atomic mass is 9.80. The van der Waals surface area contributed by atoms with Crippen LogP contribution in [-0.2, 0) is 0 Å². The Bertz CT molecular complexity index is 401. The van der Waals surface area contributed by atoms with E-state index in [-0.39, 0.29) is 12.4 Å². The molecule has 2 unspecified atom stereocenters. The van der Waals surface area contributed by atoms with Gasteiger partial charge in [-0.1, -0.05) is 12.8 Å². The second-order valence-corrected chi connectivity index (χ2v) is 4.84. The molecule has 1 aliphatic carbocycles. The molecule has 0 aliphatic heterocycles. The molecular weight excluding hydrogens is 234 g/mol. The summed E-state index contributed by atoms with van der Waals surface area (Å²) in [6.07, 6.45) is 4.55. The molecule has 0 aromatic carbocycles. The first-order valence-electron chi connectivity index (χ1n) is 6.38. The van der Waals surface area contributed by atoms with Gasteiger partial charge >= 0.3 is 5.97 Å². The fourth-order valence-corrected chi connectivity index (χ4v) is 2.57. The average molecular weight is 253 g/mol. The fraction of sp³-hybridized carbons (Fsp3) is 0.615. The van der Waals surface area contributed by atoms with E-state index in [9.17, 15) is 9.90 Å². The number of aromatic carboxylic acids is 1. The monoisotopic (exact) mass is 253 g/mol. The van der Waals surface area contributed by atoms with E-state index in [4.69, 9.17) is 9.52 Å². The lowest BCUT2D eigenvalue weighted by Gasteiger charge is -2.30. The van der Waals surface area contributed by atoms with Crippen molar-refractivity contribution in [3.8, 4) is 0 Å². The van der Waals surface area contributed by atoms with Crippen molar-refractivity contribution in [2.75, 3.05) is 18.5 Å². The Balaban J connectivity index is 1.87. The maximum absolute atomic E-state index is 10.7. The number of hydrogen-bond acceptors (Lipinski definition) is 4. The van der Waals surface area contributed by atoms with Crippen LogP contribution in [0, 0.1) is 11.8 Å². The molecule has 0 radical (unpaired) electrons. The molecule has 0 amide bonds. The largest absolute Gasteiger partial charge is 0.475 e. The average Bonchev–Trinajstić information content (AvgIpc) is 2.85. The van der Waals surface area contributed by atoms with Crippen LogP contribution in [0.2, 0.25) is 0 Å². The van der Waals surface area contributed by atoms with Gasteiger partial charge in [0.25, 0.3) is 0 Å². The maximum Gasteiger partial charge on any atom is 0.371 e. The highest BCUT2D eigenvalue weighted by Crippen LogP contribution is 2.30. The summed E-state index contributed by atoms with van der Waals surface area (Å²) < 4.78 is 5.13. The van der Waals surface area contributed by atoms with Crippen molar-refractivity contribution < 1.29 is 19.4 Å². The molecule has 2 atom stereocenters. The van der Waals surface area contributed by atoms with Crippen LogP contribution in [0.15, 0.2) is 16.5 Å². The van der Waals surface area contributed by atoms with Gasteiger partial charge in [0.15, 0.2) is 5.88 Å². The fourth-order valence-electron chi connectivity index (χ4n) is 2.57. The van der Waals surface area contributed by atoms with Gasteiger partial charge in [0, 0.05) is 19.2 Å². The lowest BCUT2D eigenvalue weighted by Crippen LogP contribution is -2.28. The van der Waals surface area contributed by atoms with Crippen LogP contribution >= 0.6 is 0 Å². The molecular formula is C13H19NO4. The molecule has 0 spiro atoms. The van der Waals surface area contributed by atoms with Gasteiger partial charge in [0.2, 0.25) is 5.76 Å². The Morgan fingerprint density at radius 2 is 2.06 bits per heavy atom. The molecule has 1 saturated carbocycles. The Kier molecular flexibility index (Phi) is 4.25. The van der Waals surface area contributed by atoms with Crippen LogP contribution < -0.4 is 5.32 Å². The molecule has 100 valence electrons. The molecule has 5 nitrogen and oxygen atoms in total. The Hall–Kier alpha value is -1.49. The lowest BCUT2D eigenvalue weighted by molar-refractivity contribution is 0.0663. The topological polar surface area (TPSA) is 82.7 Å². The Morgan fingerprint density at radius 1 is 1.33 bits per heavy atom. The number of carboxylic acid groups (broad SMARTS) is 1. The van der Waals surface area contributed by atoms with Gasteiger partial charge in [-0.15, -0.1) is 0 Å². The smallest absolute Gasteiger partial charge is 0.371 e. The zero-order valence-electron chi connectivity index (χ0n) is 10.3. The highest BCUT2D eigenvalue weighted by Gasteiger charge is 2.24. The number of aliphatic hydroxyl groups excluding tert-OH is 1. The molecule has 5 heteroatoms. The summed E-state index contributed by atoms with van der Waals surface area (Å²) in [6.45, 7) is 0.947. The number of carboxylic acids is 1. The quantitative estimate of drug-likeness (QED) is 0.749. The standard InChI is InChI=1S/C13H19NO4/c15-8-10-4-2-1-3-9(10)7-14-12-6-5-11(18-12)13(16)17/h5-6,9-10,14-15H,1-4,7-8H2,(H,16,17). The van der Waals surface area contributed by atoms with E-state index in [2.05, 4.69) is 5.32 Å². The van der Waals surface area contributed by atoms with E-state index < -0.39 is 5.97 Å². The summed E-state index contributed by atoms with van der Waals surface area (Å²) in [5.41, 5.74) is 0. The molecule has 1 fully saturated rings. The minimum absolute atomic E-state index is 0.0557. The zero-order valence-corrected chi connectivity index (χ0v) is 10.3. The van der Waals surface area contributed by atoms with Crippen molar-refractivity contribution in [3.05, 3.63) is 17.9 Å². The van der Waals surface area contributed by atoms with E-state index in [0.717, 1.165) is 19.4 Å². The SMILES string of the molecule is O=C(O)c1ccc(NCC2CCCCC2CO)o1. The van der Waals surface area contributed by atoms with Crippen LogP contribution in [-0.4, -0.2) is 29.3 Å². The molecule has 1 aromatic rings. The number of anilines is 1. The van der Waals surface area contributed by atoms with Crippen molar-refractivity contribution in [3.63, 3.8) is 0 Å². The third-order valence-corrected chi connectivity index (χ3v) is 3.66. The van der Waals surface area contributed by atoms with E-state index in [0.29, 0.717) is 17.7 Å². The van der Waals surface area contributed by atoms with Gasteiger partial charge in [-0.2, -0.15) is 0 Å². The normalized spacial score (nSPS) is 23.8. The van der Waals surface area contributed by atoms with E-state index in [1.54, 1.807) is 6.07 Å². The molecule has 3 N–H and O–H groups in total. The first kappa shape index (κ1) is 13.0. The van der Waals surface area contributed by atoms with Crippen molar-refractivity contribution in [1.29, 1.82) is 0 Å². The second-order valence-electron chi connectivity index (χ2n) is 4.84. The van der Waals surface area contributed by atoms with Crippen molar-refractivity contribution in [2.24, 2.45) is 11.8 Å². The molecule has 0 bridgehead atoms. The Morgan fingerprint density at radius 3 is 2.67 bits per heavy atom. The second kappa shape index (κ2) is 5.91. The highest BCUT2D eigenvalue weighted by atomic mass is 16.4. The third kappa shape index (κ3) is 3.04. The van der Waals surface area contributed by atoms with Crippen LogP contribution in [0.25, 0.3) is 0 Å². The number of aliphatic hydroxyl groups is 1. The van der Waals surface area contributed by atoms with Crippen LogP contribution in [0.1, 0.15) is 36.2 Å². The summed E-state index contributed by atoms with van der Waals surface area (Å²) in [5.74, 6) is 0.144. The minimum atomic E-state index is -1.06. The number of rotatable bonds is 5. The van der Waals surface area contributed by atoms with Gasteiger partial charge in [-0.05, 0) is 30.7 Å². The third-order valence-electron chi connectivity index (χ3n) is 3.66. The van der Waals surface area contributed by atoms with Gasteiger partial charge < -0.3 is 19.9 Å². The number of hydrogen-bond donors (Lipinski definition) is 3. The molecule has 1 heterocycles. The maximum atomic E-state index is 10.7. The van der Waals surface area contributed by atoms with Gasteiger partial charge in [0.05, 0.1) is 0 Å². The van der Waals surface area contributed by atoms with E-state index >= 15 is 0 Å².